The van der Waals surface area contributed by atoms with Crippen molar-refractivity contribution in [1.29, 1.82) is 0 Å². The van der Waals surface area contributed by atoms with Crippen molar-refractivity contribution < 1.29 is 9.47 Å². The van der Waals surface area contributed by atoms with Crippen LogP contribution in [0.3, 0.4) is 0 Å². The van der Waals surface area contributed by atoms with Crippen molar-refractivity contribution in [3.63, 3.8) is 0 Å². The van der Waals surface area contributed by atoms with Gasteiger partial charge in [0.25, 0.3) is 0 Å². The van der Waals surface area contributed by atoms with Crippen LogP contribution in [0.1, 0.15) is 24.4 Å². The van der Waals surface area contributed by atoms with Gasteiger partial charge in [0, 0.05) is 38.8 Å². The second-order valence-electron chi connectivity index (χ2n) is 7.59. The highest BCUT2D eigenvalue weighted by Gasteiger charge is 2.26. The number of para-hydroxylation sites is 1. The van der Waals surface area contributed by atoms with Crippen molar-refractivity contribution in [2.75, 3.05) is 67.1 Å². The van der Waals surface area contributed by atoms with Gasteiger partial charge in [-0.15, -0.1) is 0 Å². The number of aliphatic imine (C=N–C) groups is 1. The molecule has 0 bridgehead atoms. The number of ether oxygens (including phenoxy) is 2. The summed E-state index contributed by atoms with van der Waals surface area (Å²) in [7, 11) is 5.70. The highest BCUT2D eigenvalue weighted by atomic mass is 16.5. The quantitative estimate of drug-likeness (QED) is 0.542. The fraction of sp³-hybridized carbons (Fsp3) is 0.667. The van der Waals surface area contributed by atoms with E-state index < -0.39 is 0 Å². The van der Waals surface area contributed by atoms with Crippen molar-refractivity contribution in [3.8, 4) is 5.75 Å². The smallest absolute Gasteiger partial charge is 0.191 e. The summed E-state index contributed by atoms with van der Waals surface area (Å²) in [6.07, 6.45) is 2.71. The van der Waals surface area contributed by atoms with Gasteiger partial charge >= 0.3 is 0 Å². The molecule has 2 aliphatic heterocycles. The minimum absolute atomic E-state index is 0.195. The van der Waals surface area contributed by atoms with Crippen LogP contribution in [0.25, 0.3) is 0 Å². The van der Waals surface area contributed by atoms with Gasteiger partial charge in [-0.2, -0.15) is 0 Å². The van der Waals surface area contributed by atoms with E-state index in [4.69, 9.17) is 9.47 Å². The van der Waals surface area contributed by atoms with Crippen molar-refractivity contribution in [1.82, 2.24) is 20.4 Å². The second-order valence-corrected chi connectivity index (χ2v) is 7.59. The molecule has 1 aromatic carbocycles. The number of hydrogen-bond donors (Lipinski definition) is 2. The van der Waals surface area contributed by atoms with Gasteiger partial charge < -0.3 is 25.0 Å². The van der Waals surface area contributed by atoms with Crippen LogP contribution in [0.5, 0.6) is 5.75 Å². The molecule has 0 aliphatic carbocycles. The highest BCUT2D eigenvalue weighted by Crippen LogP contribution is 2.31. The number of methoxy groups -OCH3 is 1. The minimum atomic E-state index is 0.195. The molecule has 0 spiro atoms. The van der Waals surface area contributed by atoms with Gasteiger partial charge in [0.05, 0.1) is 25.9 Å². The molecule has 2 fully saturated rings. The molecule has 0 amide bonds. The van der Waals surface area contributed by atoms with Gasteiger partial charge in [-0.05, 0) is 39.0 Å². The maximum absolute atomic E-state index is 5.84. The van der Waals surface area contributed by atoms with Crippen LogP contribution in [-0.2, 0) is 4.74 Å². The number of benzene rings is 1. The van der Waals surface area contributed by atoms with Gasteiger partial charge in [-0.1, -0.05) is 18.2 Å². The van der Waals surface area contributed by atoms with Crippen LogP contribution in [0.15, 0.2) is 29.3 Å². The number of nitrogens with one attached hydrogen (secondary N) is 2. The molecule has 0 radical (unpaired) electrons. The van der Waals surface area contributed by atoms with Gasteiger partial charge in [0.2, 0.25) is 0 Å². The molecule has 2 unspecified atom stereocenters. The minimum Gasteiger partial charge on any atom is -0.496 e. The first-order valence-electron chi connectivity index (χ1n) is 10.3. The van der Waals surface area contributed by atoms with E-state index in [1.807, 2.05) is 19.2 Å². The van der Waals surface area contributed by atoms with E-state index in [9.17, 15) is 0 Å². The number of guanidine groups is 1. The van der Waals surface area contributed by atoms with Crippen molar-refractivity contribution in [2.45, 2.75) is 25.0 Å². The summed E-state index contributed by atoms with van der Waals surface area (Å²) >= 11 is 0. The number of likely N-dealkylation sites (N-methyl/N-ethyl adjacent to an activating group) is 1. The maximum Gasteiger partial charge on any atom is 0.191 e. The second kappa shape index (κ2) is 10.6. The lowest BCUT2D eigenvalue weighted by atomic mass is 10.0. The zero-order valence-corrected chi connectivity index (χ0v) is 17.5. The van der Waals surface area contributed by atoms with Gasteiger partial charge in [-0.3, -0.25) is 9.89 Å². The van der Waals surface area contributed by atoms with Gasteiger partial charge in [0.1, 0.15) is 5.75 Å². The zero-order valence-electron chi connectivity index (χ0n) is 17.5. The first-order chi connectivity index (χ1) is 13.7. The Labute approximate surface area is 169 Å². The van der Waals surface area contributed by atoms with Crippen LogP contribution in [0.2, 0.25) is 0 Å². The molecule has 0 saturated carbocycles. The monoisotopic (exact) mass is 389 g/mol. The summed E-state index contributed by atoms with van der Waals surface area (Å²) in [5.41, 5.74) is 1.23. The lowest BCUT2D eigenvalue weighted by molar-refractivity contribution is -0.0161. The van der Waals surface area contributed by atoms with Gasteiger partial charge in [0.15, 0.2) is 5.96 Å². The lowest BCUT2D eigenvalue weighted by Gasteiger charge is -2.31. The molecule has 3 rings (SSSR count). The molecule has 28 heavy (non-hydrogen) atoms. The van der Waals surface area contributed by atoms with Crippen LogP contribution >= 0.6 is 0 Å². The predicted molar refractivity (Wildman–Crippen MR) is 113 cm³/mol. The third kappa shape index (κ3) is 5.59. The average molecular weight is 390 g/mol. The largest absolute Gasteiger partial charge is 0.496 e. The molecule has 2 atom stereocenters. The third-order valence-corrected chi connectivity index (χ3v) is 5.60. The lowest BCUT2D eigenvalue weighted by Crippen LogP contribution is -2.49. The zero-order chi connectivity index (χ0) is 19.8. The molecule has 7 heteroatoms. The van der Waals surface area contributed by atoms with E-state index in [-0.39, 0.29) is 12.1 Å². The van der Waals surface area contributed by atoms with Crippen LogP contribution in [-0.4, -0.2) is 88.9 Å². The Bertz CT molecular complexity index is 633. The Morgan fingerprint density at radius 3 is 2.75 bits per heavy atom. The topological polar surface area (TPSA) is 61.4 Å². The number of rotatable bonds is 7. The predicted octanol–water partition coefficient (Wildman–Crippen LogP) is 1.33. The highest BCUT2D eigenvalue weighted by molar-refractivity contribution is 5.79. The Morgan fingerprint density at radius 2 is 2.04 bits per heavy atom. The number of hydrogen-bond acceptors (Lipinski definition) is 5. The molecule has 2 heterocycles. The summed E-state index contributed by atoms with van der Waals surface area (Å²) in [6.45, 7) is 6.52. The fourth-order valence-corrected chi connectivity index (χ4v) is 4.05. The molecular formula is C21H35N5O2. The summed E-state index contributed by atoms with van der Waals surface area (Å²) in [5, 5.41) is 6.94. The fourth-order valence-electron chi connectivity index (χ4n) is 4.05. The van der Waals surface area contributed by atoms with Crippen molar-refractivity contribution >= 4 is 5.96 Å². The molecule has 2 aliphatic rings. The molecule has 2 N–H and O–H groups in total. The van der Waals surface area contributed by atoms with Crippen LogP contribution < -0.4 is 15.4 Å². The first kappa shape index (κ1) is 20.9. The third-order valence-electron chi connectivity index (χ3n) is 5.60. The van der Waals surface area contributed by atoms with Crippen molar-refractivity contribution in [2.24, 2.45) is 4.99 Å². The summed E-state index contributed by atoms with van der Waals surface area (Å²) in [6, 6.07) is 8.59. The molecule has 1 aromatic rings. The summed E-state index contributed by atoms with van der Waals surface area (Å²) in [4.78, 5) is 9.24. The maximum atomic E-state index is 5.84. The normalized spacial score (nSPS) is 22.8. The standard InChI is InChI=1S/C21H35N5O2/c1-22-21(23-14-17-16-25(2)12-13-28-17)24-15-19(26-10-6-7-11-26)18-8-4-5-9-20(18)27-3/h4-5,8-9,17,19H,6-7,10-16H2,1-3H3,(H2,22,23,24). The molecular weight excluding hydrogens is 354 g/mol. The SMILES string of the molecule is CN=C(NCC1CN(C)CCO1)NCC(c1ccccc1OC)N1CCCC1. The summed E-state index contributed by atoms with van der Waals surface area (Å²) < 4.78 is 11.5. The molecule has 0 aromatic heterocycles. The van der Waals surface area contributed by atoms with Gasteiger partial charge in [-0.25, -0.2) is 0 Å². The Kier molecular flexibility index (Phi) is 7.94. The van der Waals surface area contributed by atoms with Crippen LogP contribution in [0.4, 0.5) is 0 Å². The first-order valence-corrected chi connectivity index (χ1v) is 10.3. The Balaban J connectivity index is 1.60. The van der Waals surface area contributed by atoms with E-state index in [0.29, 0.717) is 0 Å². The van der Waals surface area contributed by atoms with E-state index in [0.717, 1.165) is 57.6 Å². The van der Waals surface area contributed by atoms with E-state index in [2.05, 4.69) is 44.6 Å². The van der Waals surface area contributed by atoms with E-state index in [1.54, 1.807) is 7.11 Å². The van der Waals surface area contributed by atoms with E-state index in [1.165, 1.54) is 18.4 Å². The molecule has 2 saturated heterocycles. The summed E-state index contributed by atoms with van der Waals surface area (Å²) in [5.74, 6) is 1.76. The average Bonchev–Trinajstić information content (AvgIpc) is 3.25. The number of nitrogens with zero attached hydrogens (tertiary/aromatic N) is 3. The number of likely N-dealkylation sites (tertiary alicyclic amines) is 1. The Hall–Kier alpha value is -1.83. The van der Waals surface area contributed by atoms with Crippen molar-refractivity contribution in [3.05, 3.63) is 29.8 Å². The van der Waals surface area contributed by atoms with Crippen LogP contribution in [0, 0.1) is 0 Å². The van der Waals surface area contributed by atoms with E-state index >= 15 is 0 Å². The Morgan fingerprint density at radius 1 is 1.25 bits per heavy atom. The molecule has 156 valence electrons. The molecule has 7 nitrogen and oxygen atoms in total. The number of morpholine rings is 1.